The van der Waals surface area contributed by atoms with Gasteiger partial charge in [0.2, 0.25) is 11.0 Å². The minimum atomic E-state index is -1.08. The first-order valence-electron chi connectivity index (χ1n) is 8.58. The molecule has 1 aromatic heterocycles. The summed E-state index contributed by atoms with van der Waals surface area (Å²) in [6, 6.07) is -0.263. The van der Waals surface area contributed by atoms with Gasteiger partial charge in [-0.2, -0.15) is 0 Å². The lowest BCUT2D eigenvalue weighted by Gasteiger charge is -2.46. The summed E-state index contributed by atoms with van der Waals surface area (Å²) in [7, 11) is 0. The van der Waals surface area contributed by atoms with Crippen molar-refractivity contribution in [2.75, 3.05) is 13.1 Å². The molecule has 9 nitrogen and oxygen atoms in total. The van der Waals surface area contributed by atoms with Crippen molar-refractivity contribution in [3.63, 3.8) is 0 Å². The van der Waals surface area contributed by atoms with Crippen molar-refractivity contribution in [1.82, 2.24) is 20.0 Å². The quantitative estimate of drug-likeness (QED) is 0.402. The number of fused-ring (bicyclic) bond motifs is 1. The molecule has 2 fully saturated rings. The largest absolute Gasteiger partial charge is 0.477 e. The number of likely N-dealkylation sites (tertiary alicyclic amines) is 1. The molecule has 11 heteroatoms. The second-order valence-corrected chi connectivity index (χ2v) is 9.09. The predicted octanol–water partition coefficient (Wildman–Crippen LogP) is 0.769. The number of aromatic nitrogens is 2. The maximum absolute atomic E-state index is 12.3. The van der Waals surface area contributed by atoms with Crippen LogP contribution in [0.2, 0.25) is 0 Å². The Morgan fingerprint density at radius 1 is 1.52 bits per heavy atom. The lowest BCUT2D eigenvalue weighted by Crippen LogP contribution is -2.63. The fourth-order valence-electron chi connectivity index (χ4n) is 3.85. The van der Waals surface area contributed by atoms with Crippen LogP contribution in [0.1, 0.15) is 13.8 Å². The highest BCUT2D eigenvalue weighted by Crippen LogP contribution is 2.51. The van der Waals surface area contributed by atoms with Crippen molar-refractivity contribution in [2.24, 2.45) is 16.8 Å². The van der Waals surface area contributed by atoms with Gasteiger partial charge >= 0.3 is 5.97 Å². The van der Waals surface area contributed by atoms with E-state index in [0.717, 1.165) is 18.0 Å². The summed E-state index contributed by atoms with van der Waals surface area (Å²) in [4.78, 5) is 32.5. The summed E-state index contributed by atoms with van der Waals surface area (Å²) in [5, 5.41) is 27.9. The SMILES string of the molecule is C[C@@H](O)[C@H]1C(=O)N2C(C(=O)O)=C(SC3CN(/C=N/c4nncs4)C3)[C@H](C)[C@H]12. The number of aliphatic hydroxyl groups is 1. The monoisotopic (exact) mass is 409 g/mol. The van der Waals surface area contributed by atoms with Crippen LogP contribution in [0.25, 0.3) is 0 Å². The Morgan fingerprint density at radius 3 is 2.85 bits per heavy atom. The number of hydrogen-bond acceptors (Lipinski definition) is 8. The van der Waals surface area contributed by atoms with Gasteiger partial charge in [-0.15, -0.1) is 22.0 Å². The molecule has 0 aliphatic carbocycles. The van der Waals surface area contributed by atoms with Gasteiger partial charge in [-0.3, -0.25) is 4.79 Å². The van der Waals surface area contributed by atoms with Crippen LogP contribution in [0, 0.1) is 11.8 Å². The van der Waals surface area contributed by atoms with Crippen molar-refractivity contribution < 1.29 is 19.8 Å². The molecule has 3 aliphatic heterocycles. The first kappa shape index (κ1) is 18.4. The molecule has 4 rings (SSSR count). The van der Waals surface area contributed by atoms with Crippen LogP contribution in [-0.4, -0.2) is 78.9 Å². The number of β-lactam (4-membered cyclic amide) rings is 1. The third-order valence-electron chi connectivity index (χ3n) is 5.16. The number of nitrogens with zero attached hydrogens (tertiary/aromatic N) is 5. The Balaban J connectivity index is 1.43. The predicted molar refractivity (Wildman–Crippen MR) is 101 cm³/mol. The number of thioether (sulfide) groups is 1. The van der Waals surface area contributed by atoms with Gasteiger partial charge in [-0.05, 0) is 6.92 Å². The minimum absolute atomic E-state index is 0.0837. The maximum Gasteiger partial charge on any atom is 0.353 e. The number of carbonyl (C=O) groups is 2. The summed E-state index contributed by atoms with van der Waals surface area (Å²) in [5.41, 5.74) is 1.70. The lowest BCUT2D eigenvalue weighted by molar-refractivity contribution is -0.163. The molecule has 144 valence electrons. The summed E-state index contributed by atoms with van der Waals surface area (Å²) < 4.78 is 0. The molecule has 1 amide bonds. The van der Waals surface area contributed by atoms with Gasteiger partial charge in [0.25, 0.3) is 0 Å². The molecule has 3 aliphatic rings. The summed E-state index contributed by atoms with van der Waals surface area (Å²) in [6.07, 6.45) is 0.943. The first-order chi connectivity index (χ1) is 12.9. The Hall–Kier alpha value is -1.98. The summed E-state index contributed by atoms with van der Waals surface area (Å²) in [6.45, 7) is 5.01. The Morgan fingerprint density at radius 2 is 2.26 bits per heavy atom. The second kappa shape index (κ2) is 6.88. The molecule has 4 atom stereocenters. The van der Waals surface area contributed by atoms with E-state index in [0.29, 0.717) is 5.13 Å². The first-order valence-corrected chi connectivity index (χ1v) is 10.3. The molecule has 0 bridgehead atoms. The van der Waals surface area contributed by atoms with Gasteiger partial charge < -0.3 is 20.0 Å². The van der Waals surface area contributed by atoms with Crippen molar-refractivity contribution in [1.29, 1.82) is 0 Å². The highest BCUT2D eigenvalue weighted by atomic mass is 32.2. The third-order valence-corrected chi connectivity index (χ3v) is 7.21. The van der Waals surface area contributed by atoms with Crippen LogP contribution in [0.4, 0.5) is 5.13 Å². The van der Waals surface area contributed by atoms with Gasteiger partial charge in [0.15, 0.2) is 0 Å². The van der Waals surface area contributed by atoms with Crippen LogP contribution in [-0.2, 0) is 9.59 Å². The topological polar surface area (TPSA) is 119 Å². The highest BCUT2D eigenvalue weighted by Gasteiger charge is 2.60. The van der Waals surface area contributed by atoms with Crippen LogP contribution in [0.5, 0.6) is 0 Å². The van der Waals surface area contributed by atoms with E-state index in [1.165, 1.54) is 28.0 Å². The van der Waals surface area contributed by atoms with E-state index >= 15 is 0 Å². The third kappa shape index (κ3) is 3.03. The average Bonchev–Trinajstić information content (AvgIpc) is 3.15. The zero-order valence-electron chi connectivity index (χ0n) is 14.7. The Bertz CT molecular complexity index is 819. The fourth-order valence-corrected chi connectivity index (χ4v) is 5.78. The molecule has 0 radical (unpaired) electrons. The van der Waals surface area contributed by atoms with Crippen LogP contribution in [0.15, 0.2) is 21.1 Å². The van der Waals surface area contributed by atoms with Crippen LogP contribution in [0.3, 0.4) is 0 Å². The number of aliphatic carboxylic acids is 1. The lowest BCUT2D eigenvalue weighted by atomic mass is 9.79. The fraction of sp³-hybridized carbons (Fsp3) is 0.562. The molecule has 0 spiro atoms. The van der Waals surface area contributed by atoms with E-state index in [-0.39, 0.29) is 28.8 Å². The average molecular weight is 409 g/mol. The molecule has 1 aromatic rings. The van der Waals surface area contributed by atoms with Gasteiger partial charge in [0.1, 0.15) is 11.2 Å². The Kier molecular flexibility index (Phi) is 4.68. The van der Waals surface area contributed by atoms with E-state index in [1.807, 2.05) is 11.8 Å². The smallest absolute Gasteiger partial charge is 0.353 e. The zero-order valence-corrected chi connectivity index (χ0v) is 16.4. The van der Waals surface area contributed by atoms with Gasteiger partial charge in [-0.1, -0.05) is 18.3 Å². The van der Waals surface area contributed by atoms with E-state index in [1.54, 1.807) is 18.8 Å². The molecule has 2 saturated heterocycles. The van der Waals surface area contributed by atoms with Crippen molar-refractivity contribution >= 4 is 46.4 Å². The molecule has 4 heterocycles. The van der Waals surface area contributed by atoms with E-state index in [2.05, 4.69) is 15.2 Å². The number of hydrogen-bond donors (Lipinski definition) is 2. The normalized spacial score (nSPS) is 29.1. The van der Waals surface area contributed by atoms with Gasteiger partial charge in [0, 0.05) is 29.2 Å². The molecular formula is C16H19N5O4S2. The minimum Gasteiger partial charge on any atom is -0.477 e. The molecule has 0 aromatic carbocycles. The summed E-state index contributed by atoms with van der Waals surface area (Å²) >= 11 is 2.88. The summed E-state index contributed by atoms with van der Waals surface area (Å²) in [5.74, 6) is -2.00. The van der Waals surface area contributed by atoms with Gasteiger partial charge in [0.05, 0.1) is 24.4 Å². The second-order valence-electron chi connectivity index (χ2n) is 6.93. The maximum atomic E-state index is 12.3. The molecule has 27 heavy (non-hydrogen) atoms. The van der Waals surface area contributed by atoms with Crippen molar-refractivity contribution in [3.8, 4) is 0 Å². The standard InChI is InChI=1S/C16H19N5O4S2/c1-7-11-10(8(2)22)14(23)21(11)12(15(24)25)13(7)27-9-3-20(4-9)5-17-16-19-18-6-26-16/h5-11,22H,3-4H2,1-2H3,(H,24,25)/b17-5+/t7-,8-,10-,11-/m1/s1. The van der Waals surface area contributed by atoms with Crippen LogP contribution < -0.4 is 0 Å². The highest BCUT2D eigenvalue weighted by molar-refractivity contribution is 8.03. The van der Waals surface area contributed by atoms with Gasteiger partial charge in [-0.25, -0.2) is 9.79 Å². The van der Waals surface area contributed by atoms with Crippen molar-refractivity contribution in [3.05, 3.63) is 16.1 Å². The number of rotatable bonds is 6. The van der Waals surface area contributed by atoms with Crippen LogP contribution >= 0.6 is 23.1 Å². The van der Waals surface area contributed by atoms with Crippen molar-refractivity contribution in [2.45, 2.75) is 31.2 Å². The van der Waals surface area contributed by atoms with E-state index in [9.17, 15) is 19.8 Å². The number of carbonyl (C=O) groups excluding carboxylic acids is 1. The molecule has 0 unspecified atom stereocenters. The molecule has 0 saturated carbocycles. The Labute approximate surface area is 163 Å². The zero-order chi connectivity index (χ0) is 19.3. The van der Waals surface area contributed by atoms with E-state index in [4.69, 9.17) is 0 Å². The van der Waals surface area contributed by atoms with E-state index < -0.39 is 18.0 Å². The number of amides is 1. The number of aliphatic hydroxyl groups excluding tert-OH is 1. The molecular weight excluding hydrogens is 390 g/mol. The molecule has 2 N–H and O–H groups in total. The number of carboxylic acid groups (broad SMARTS) is 1. The number of carboxylic acids is 1. The number of aliphatic imine (C=N–C) groups is 1.